The van der Waals surface area contributed by atoms with Crippen molar-refractivity contribution in [3.05, 3.63) is 84.7 Å². The van der Waals surface area contributed by atoms with Crippen LogP contribution in [-0.4, -0.2) is 40.3 Å². The third-order valence-corrected chi connectivity index (χ3v) is 5.97. The summed E-state index contributed by atoms with van der Waals surface area (Å²) in [5, 5.41) is 2.72. The first-order valence-electron chi connectivity index (χ1n) is 10.8. The van der Waals surface area contributed by atoms with E-state index in [4.69, 9.17) is 9.47 Å². The molecular formula is C25H27FN2O5S. The number of carbonyl (C=O) groups is 1. The molecule has 0 fully saturated rings. The molecule has 0 aliphatic heterocycles. The molecule has 3 rings (SSSR count). The number of benzene rings is 3. The Labute approximate surface area is 199 Å². The highest BCUT2D eigenvalue weighted by molar-refractivity contribution is 7.92. The predicted molar refractivity (Wildman–Crippen MR) is 129 cm³/mol. The maximum Gasteiger partial charge on any atom is 0.232 e. The van der Waals surface area contributed by atoms with Crippen molar-refractivity contribution in [2.24, 2.45) is 0 Å². The van der Waals surface area contributed by atoms with Gasteiger partial charge >= 0.3 is 0 Å². The second-order valence-electron chi connectivity index (χ2n) is 7.50. The van der Waals surface area contributed by atoms with Crippen molar-refractivity contribution < 1.29 is 27.1 Å². The van der Waals surface area contributed by atoms with Crippen LogP contribution in [0.15, 0.2) is 78.9 Å². The maximum absolute atomic E-state index is 12.9. The van der Waals surface area contributed by atoms with Crippen LogP contribution in [0.1, 0.15) is 12.8 Å². The number of halogens is 1. The second kappa shape index (κ2) is 12.0. The molecule has 1 amide bonds. The van der Waals surface area contributed by atoms with E-state index in [1.807, 2.05) is 30.3 Å². The number of hydrogen-bond donors (Lipinski definition) is 1. The molecule has 34 heavy (non-hydrogen) atoms. The first kappa shape index (κ1) is 25.0. The summed E-state index contributed by atoms with van der Waals surface area (Å²) in [7, 11) is -3.53. The molecule has 0 unspecified atom stereocenters. The van der Waals surface area contributed by atoms with E-state index in [2.05, 4.69) is 5.32 Å². The minimum atomic E-state index is -3.53. The fraction of sp³-hybridized carbons (Fsp3) is 0.240. The first-order valence-corrected chi connectivity index (χ1v) is 12.6. The molecule has 1 N–H and O–H groups in total. The van der Waals surface area contributed by atoms with Gasteiger partial charge in [0.15, 0.2) is 0 Å². The number of nitrogens with zero attached hydrogens (tertiary/aromatic N) is 1. The van der Waals surface area contributed by atoms with Crippen molar-refractivity contribution in [3.63, 3.8) is 0 Å². The van der Waals surface area contributed by atoms with Gasteiger partial charge in [-0.05, 0) is 67.1 Å². The van der Waals surface area contributed by atoms with Crippen molar-refractivity contribution in [1.29, 1.82) is 0 Å². The fourth-order valence-corrected chi connectivity index (χ4v) is 4.12. The Morgan fingerprint density at radius 1 is 0.912 bits per heavy atom. The molecular weight excluding hydrogens is 459 g/mol. The average Bonchev–Trinajstić information content (AvgIpc) is 2.81. The molecule has 9 heteroatoms. The highest BCUT2D eigenvalue weighted by atomic mass is 32.2. The van der Waals surface area contributed by atoms with E-state index in [1.165, 1.54) is 28.6 Å². The van der Waals surface area contributed by atoms with E-state index in [1.54, 1.807) is 24.3 Å². The van der Waals surface area contributed by atoms with Gasteiger partial charge < -0.3 is 14.8 Å². The summed E-state index contributed by atoms with van der Waals surface area (Å²) in [6.07, 6.45) is 1.64. The molecule has 7 nitrogen and oxygen atoms in total. The standard InChI is InChI=1S/C25H27FN2O5S/c1-34(30,31)28(21-11-15-24(16-12-21)33-23-6-3-2-4-7-23)18-5-8-25(29)27-17-19-32-22-13-9-20(26)10-14-22/h2-4,6-7,9-16H,5,8,17-19H2,1H3,(H,27,29). The van der Waals surface area contributed by atoms with Gasteiger partial charge in [0.05, 0.1) is 18.5 Å². The molecule has 3 aromatic carbocycles. The summed E-state index contributed by atoms with van der Waals surface area (Å²) >= 11 is 0. The monoisotopic (exact) mass is 486 g/mol. The third-order valence-electron chi connectivity index (χ3n) is 4.78. The predicted octanol–water partition coefficient (Wildman–Crippen LogP) is 4.36. The SMILES string of the molecule is CS(=O)(=O)N(CCCC(=O)NCCOc1ccc(F)cc1)c1ccc(Oc2ccccc2)cc1. The Balaban J connectivity index is 1.45. The minimum Gasteiger partial charge on any atom is -0.492 e. The molecule has 0 radical (unpaired) electrons. The highest BCUT2D eigenvalue weighted by Crippen LogP contribution is 2.25. The van der Waals surface area contributed by atoms with Crippen LogP contribution < -0.4 is 19.1 Å². The molecule has 0 heterocycles. The molecule has 180 valence electrons. The fourth-order valence-electron chi connectivity index (χ4n) is 3.15. The summed E-state index contributed by atoms with van der Waals surface area (Å²) in [6, 6.07) is 21.6. The zero-order valence-corrected chi connectivity index (χ0v) is 19.6. The minimum absolute atomic E-state index is 0.164. The summed E-state index contributed by atoms with van der Waals surface area (Å²) in [6.45, 7) is 0.691. The van der Waals surface area contributed by atoms with E-state index >= 15 is 0 Å². The molecule has 0 atom stereocenters. The van der Waals surface area contributed by atoms with Gasteiger partial charge in [0.1, 0.15) is 29.7 Å². The molecule has 0 bridgehead atoms. The molecule has 0 aliphatic carbocycles. The number of nitrogens with one attached hydrogen (secondary N) is 1. The number of anilines is 1. The van der Waals surface area contributed by atoms with Crippen LogP contribution in [0, 0.1) is 5.82 Å². The van der Waals surface area contributed by atoms with E-state index < -0.39 is 10.0 Å². The molecule has 3 aromatic rings. The highest BCUT2D eigenvalue weighted by Gasteiger charge is 2.17. The average molecular weight is 487 g/mol. The second-order valence-corrected chi connectivity index (χ2v) is 9.41. The van der Waals surface area contributed by atoms with Gasteiger partial charge in [-0.2, -0.15) is 0 Å². The molecule has 0 aliphatic rings. The lowest BCUT2D eigenvalue weighted by Gasteiger charge is -2.22. The van der Waals surface area contributed by atoms with Crippen molar-refractivity contribution in [3.8, 4) is 17.2 Å². The van der Waals surface area contributed by atoms with E-state index in [-0.39, 0.29) is 37.8 Å². The number of carbonyl (C=O) groups excluding carboxylic acids is 1. The van der Waals surface area contributed by atoms with Gasteiger partial charge in [-0.3, -0.25) is 9.10 Å². The lowest BCUT2D eigenvalue weighted by molar-refractivity contribution is -0.121. The summed E-state index contributed by atoms with van der Waals surface area (Å²) in [4.78, 5) is 12.1. The summed E-state index contributed by atoms with van der Waals surface area (Å²) in [5.74, 6) is 1.23. The van der Waals surface area contributed by atoms with Crippen molar-refractivity contribution in [1.82, 2.24) is 5.32 Å². The van der Waals surface area contributed by atoms with Gasteiger partial charge in [0.25, 0.3) is 0 Å². The summed E-state index contributed by atoms with van der Waals surface area (Å²) < 4.78 is 49.9. The lowest BCUT2D eigenvalue weighted by atomic mass is 10.2. The van der Waals surface area contributed by atoms with Crippen LogP contribution in [-0.2, 0) is 14.8 Å². The van der Waals surface area contributed by atoms with Gasteiger partial charge in [0.2, 0.25) is 15.9 Å². The van der Waals surface area contributed by atoms with Crippen LogP contribution in [0.5, 0.6) is 17.2 Å². The number of ether oxygens (including phenoxy) is 2. The molecule has 0 spiro atoms. The number of para-hydroxylation sites is 1. The molecule has 0 saturated carbocycles. The maximum atomic E-state index is 12.9. The van der Waals surface area contributed by atoms with Crippen LogP contribution >= 0.6 is 0 Å². The Morgan fingerprint density at radius 2 is 1.53 bits per heavy atom. The molecule has 0 aromatic heterocycles. The third kappa shape index (κ3) is 8.08. The van der Waals surface area contributed by atoms with Crippen LogP contribution in [0.25, 0.3) is 0 Å². The van der Waals surface area contributed by atoms with E-state index in [0.29, 0.717) is 29.4 Å². The Hall–Kier alpha value is -3.59. The van der Waals surface area contributed by atoms with E-state index in [9.17, 15) is 17.6 Å². The number of sulfonamides is 1. The normalized spacial score (nSPS) is 11.0. The lowest BCUT2D eigenvalue weighted by Crippen LogP contribution is -2.32. The van der Waals surface area contributed by atoms with Crippen LogP contribution in [0.3, 0.4) is 0 Å². The quantitative estimate of drug-likeness (QED) is 0.385. The van der Waals surface area contributed by atoms with Crippen molar-refractivity contribution in [2.45, 2.75) is 12.8 Å². The van der Waals surface area contributed by atoms with Crippen LogP contribution in [0.2, 0.25) is 0 Å². The Kier molecular flexibility index (Phi) is 8.86. The van der Waals surface area contributed by atoms with E-state index in [0.717, 1.165) is 6.26 Å². The molecule has 0 saturated heterocycles. The Bertz CT molecular complexity index is 1150. The van der Waals surface area contributed by atoms with Gasteiger partial charge in [-0.15, -0.1) is 0 Å². The van der Waals surface area contributed by atoms with Crippen molar-refractivity contribution in [2.75, 3.05) is 30.3 Å². The zero-order valence-electron chi connectivity index (χ0n) is 18.8. The topological polar surface area (TPSA) is 84.9 Å². The zero-order chi connectivity index (χ0) is 24.4. The number of amides is 1. The van der Waals surface area contributed by atoms with Gasteiger partial charge in [-0.1, -0.05) is 18.2 Å². The number of hydrogen-bond acceptors (Lipinski definition) is 5. The Morgan fingerprint density at radius 3 is 2.18 bits per heavy atom. The van der Waals surface area contributed by atoms with Crippen LogP contribution in [0.4, 0.5) is 10.1 Å². The smallest absolute Gasteiger partial charge is 0.232 e. The summed E-state index contributed by atoms with van der Waals surface area (Å²) in [5.41, 5.74) is 0.496. The van der Waals surface area contributed by atoms with Crippen molar-refractivity contribution >= 4 is 21.6 Å². The first-order chi connectivity index (χ1) is 16.3. The van der Waals surface area contributed by atoms with Gasteiger partial charge in [0, 0.05) is 13.0 Å². The largest absolute Gasteiger partial charge is 0.492 e. The van der Waals surface area contributed by atoms with Gasteiger partial charge in [-0.25, -0.2) is 12.8 Å². The number of rotatable bonds is 12.